The lowest BCUT2D eigenvalue weighted by Gasteiger charge is -2.12. The Bertz CT molecular complexity index is 1140. The van der Waals surface area contributed by atoms with Crippen molar-refractivity contribution in [3.63, 3.8) is 0 Å². The summed E-state index contributed by atoms with van der Waals surface area (Å²) in [6, 6.07) is 7.22. The molecule has 3 heterocycles. The zero-order valence-corrected chi connectivity index (χ0v) is 21.2. The van der Waals surface area contributed by atoms with Gasteiger partial charge in [-0.1, -0.05) is 44.5 Å². The number of hydrogen-bond acceptors (Lipinski definition) is 5. The average Bonchev–Trinajstić information content (AvgIpc) is 3.20. The second-order valence-corrected chi connectivity index (χ2v) is 10.2. The molecule has 0 unspecified atom stereocenters. The number of aliphatic imine (C=N–C) groups is 1. The van der Waals surface area contributed by atoms with E-state index in [4.69, 9.17) is 16.6 Å². The number of nitrogens with one attached hydrogen (secondary N) is 1. The van der Waals surface area contributed by atoms with Gasteiger partial charge in [0.15, 0.2) is 5.82 Å². The fourth-order valence-corrected chi connectivity index (χ4v) is 4.75. The number of carbonyl (C=O) groups excluding carboxylic acids is 1. The Morgan fingerprint density at radius 3 is 2.38 bits per heavy atom. The molecule has 170 valence electrons. The van der Waals surface area contributed by atoms with Gasteiger partial charge in [0.1, 0.15) is 16.9 Å². The quantitative estimate of drug-likeness (QED) is 0.540. The molecule has 1 N–H and O–H groups in total. The summed E-state index contributed by atoms with van der Waals surface area (Å²) >= 11 is 7.79. The standard InChI is InChI=1S/C20H20ClN5OS.C4H10/c1-10-11(2)28-20-17(10)18(13-5-7-14(21)8-6-13)23-15(9-16(27)22-4)19-25-24-12(3)26(19)20;1-4(2)3/h5-8,15H,9H2,1-4H3,(H,22,27);4H,1-3H3/t15-;/m0./s1. The van der Waals surface area contributed by atoms with E-state index < -0.39 is 6.04 Å². The Morgan fingerprint density at radius 1 is 1.16 bits per heavy atom. The number of thiophene rings is 1. The number of hydrogen-bond donors (Lipinski definition) is 1. The van der Waals surface area contributed by atoms with Crippen molar-refractivity contribution in [2.24, 2.45) is 10.9 Å². The van der Waals surface area contributed by atoms with Crippen LogP contribution in [-0.4, -0.2) is 33.4 Å². The van der Waals surface area contributed by atoms with Crippen molar-refractivity contribution in [3.8, 4) is 5.00 Å². The van der Waals surface area contributed by atoms with Crippen molar-refractivity contribution in [1.29, 1.82) is 0 Å². The van der Waals surface area contributed by atoms with Crippen LogP contribution in [-0.2, 0) is 4.79 Å². The second kappa shape index (κ2) is 9.96. The molecule has 6 nitrogen and oxygen atoms in total. The van der Waals surface area contributed by atoms with Crippen molar-refractivity contribution in [2.45, 2.75) is 54.0 Å². The normalized spacial score (nSPS) is 14.7. The van der Waals surface area contributed by atoms with E-state index in [1.165, 1.54) is 10.4 Å². The van der Waals surface area contributed by atoms with Gasteiger partial charge in [0.25, 0.3) is 0 Å². The van der Waals surface area contributed by atoms with Crippen molar-refractivity contribution >= 4 is 34.6 Å². The first-order chi connectivity index (χ1) is 15.1. The first kappa shape index (κ1) is 24.1. The summed E-state index contributed by atoms with van der Waals surface area (Å²) in [5.41, 5.74) is 4.05. The molecule has 1 aromatic carbocycles. The predicted octanol–water partition coefficient (Wildman–Crippen LogP) is 5.60. The van der Waals surface area contributed by atoms with E-state index in [1.54, 1.807) is 18.4 Å². The molecule has 4 rings (SSSR count). The summed E-state index contributed by atoms with van der Waals surface area (Å²) in [4.78, 5) is 18.4. The topological polar surface area (TPSA) is 72.2 Å². The molecular formula is C24H30ClN5OS. The van der Waals surface area contributed by atoms with Gasteiger partial charge in [0, 0.05) is 28.1 Å². The Labute approximate surface area is 198 Å². The highest BCUT2D eigenvalue weighted by atomic mass is 35.5. The van der Waals surface area contributed by atoms with Crippen LogP contribution < -0.4 is 5.32 Å². The zero-order chi connectivity index (χ0) is 23.6. The summed E-state index contributed by atoms with van der Waals surface area (Å²) < 4.78 is 2.04. The summed E-state index contributed by atoms with van der Waals surface area (Å²) in [7, 11) is 1.63. The maximum absolute atomic E-state index is 12.2. The van der Waals surface area contributed by atoms with Crippen LogP contribution in [0, 0.1) is 26.7 Å². The monoisotopic (exact) mass is 471 g/mol. The highest BCUT2D eigenvalue weighted by Gasteiger charge is 2.32. The number of carbonyl (C=O) groups is 1. The van der Waals surface area contributed by atoms with Crippen LogP contribution >= 0.6 is 22.9 Å². The van der Waals surface area contributed by atoms with E-state index in [0.29, 0.717) is 10.8 Å². The van der Waals surface area contributed by atoms with Crippen LogP contribution in [0.5, 0.6) is 0 Å². The van der Waals surface area contributed by atoms with Gasteiger partial charge in [-0.15, -0.1) is 21.5 Å². The fourth-order valence-electron chi connectivity index (χ4n) is 3.41. The summed E-state index contributed by atoms with van der Waals surface area (Å²) in [6.45, 7) is 12.6. The lowest BCUT2D eigenvalue weighted by atomic mass is 9.99. The number of halogens is 1. The minimum atomic E-state index is -0.425. The van der Waals surface area contributed by atoms with E-state index in [-0.39, 0.29) is 12.3 Å². The maximum Gasteiger partial charge on any atom is 0.222 e. The zero-order valence-electron chi connectivity index (χ0n) is 19.7. The fraction of sp³-hybridized carbons (Fsp3) is 0.417. The number of nitrogens with zero attached hydrogens (tertiary/aromatic N) is 4. The van der Waals surface area contributed by atoms with Gasteiger partial charge in [0.2, 0.25) is 5.91 Å². The molecule has 0 fully saturated rings. The van der Waals surface area contributed by atoms with Gasteiger partial charge in [-0.2, -0.15) is 0 Å². The number of rotatable bonds is 3. The second-order valence-electron chi connectivity index (χ2n) is 8.51. The van der Waals surface area contributed by atoms with Crippen molar-refractivity contribution in [3.05, 3.63) is 62.5 Å². The van der Waals surface area contributed by atoms with E-state index >= 15 is 0 Å². The molecule has 1 amide bonds. The number of aryl methyl sites for hydroxylation is 2. The summed E-state index contributed by atoms with van der Waals surface area (Å²) in [6.07, 6.45) is 0.207. The first-order valence-electron chi connectivity index (χ1n) is 10.7. The van der Waals surface area contributed by atoms with Gasteiger partial charge in [-0.25, -0.2) is 0 Å². The number of aromatic nitrogens is 3. The molecule has 1 aliphatic heterocycles. The highest BCUT2D eigenvalue weighted by molar-refractivity contribution is 7.15. The number of benzene rings is 1. The molecule has 8 heteroatoms. The highest BCUT2D eigenvalue weighted by Crippen LogP contribution is 2.39. The molecule has 0 bridgehead atoms. The van der Waals surface area contributed by atoms with Crippen LogP contribution in [0.25, 0.3) is 5.00 Å². The third kappa shape index (κ3) is 4.94. The van der Waals surface area contributed by atoms with E-state index in [1.807, 2.05) is 35.8 Å². The molecular weight excluding hydrogens is 442 g/mol. The van der Waals surface area contributed by atoms with E-state index in [2.05, 4.69) is 50.1 Å². The molecule has 1 aliphatic rings. The minimum Gasteiger partial charge on any atom is -0.359 e. The van der Waals surface area contributed by atoms with Crippen LogP contribution in [0.1, 0.15) is 66.5 Å². The predicted molar refractivity (Wildman–Crippen MR) is 132 cm³/mol. The summed E-state index contributed by atoms with van der Waals surface area (Å²) in [5, 5.41) is 13.1. The van der Waals surface area contributed by atoms with Crippen molar-refractivity contribution < 1.29 is 4.79 Å². The molecule has 1 atom stereocenters. The average molecular weight is 472 g/mol. The Kier molecular flexibility index (Phi) is 7.51. The Morgan fingerprint density at radius 2 is 1.78 bits per heavy atom. The smallest absolute Gasteiger partial charge is 0.222 e. The van der Waals surface area contributed by atoms with E-state index in [9.17, 15) is 4.79 Å². The molecule has 0 saturated carbocycles. The molecule has 0 spiro atoms. The number of amides is 1. The van der Waals surface area contributed by atoms with Gasteiger partial charge in [0.05, 0.1) is 12.1 Å². The van der Waals surface area contributed by atoms with Crippen molar-refractivity contribution in [1.82, 2.24) is 20.1 Å². The third-order valence-corrected chi connectivity index (χ3v) is 6.46. The molecule has 0 radical (unpaired) electrons. The number of fused-ring (bicyclic) bond motifs is 3. The van der Waals surface area contributed by atoms with Crippen LogP contribution in [0.15, 0.2) is 29.3 Å². The van der Waals surface area contributed by atoms with E-state index in [0.717, 1.165) is 33.6 Å². The molecule has 0 aliphatic carbocycles. The maximum atomic E-state index is 12.2. The Balaban J connectivity index is 0.000000668. The van der Waals surface area contributed by atoms with Gasteiger partial charge >= 0.3 is 0 Å². The molecule has 32 heavy (non-hydrogen) atoms. The largest absolute Gasteiger partial charge is 0.359 e. The van der Waals surface area contributed by atoms with Crippen molar-refractivity contribution in [2.75, 3.05) is 7.05 Å². The van der Waals surface area contributed by atoms with Crippen LogP contribution in [0.4, 0.5) is 0 Å². The Hall–Kier alpha value is -2.51. The van der Waals surface area contributed by atoms with Crippen LogP contribution in [0.2, 0.25) is 5.02 Å². The lowest BCUT2D eigenvalue weighted by molar-refractivity contribution is -0.121. The minimum absolute atomic E-state index is 0.0884. The SMILES string of the molecule is CC(C)C.CNC(=O)C[C@@H]1N=C(c2ccc(Cl)cc2)c2c(sc(C)c2C)-n2c(C)nnc21. The third-order valence-electron chi connectivity index (χ3n) is 5.01. The molecule has 2 aromatic heterocycles. The molecule has 3 aromatic rings. The first-order valence-corrected chi connectivity index (χ1v) is 11.9. The van der Waals surface area contributed by atoms with Gasteiger partial charge < -0.3 is 5.32 Å². The van der Waals surface area contributed by atoms with Crippen LogP contribution in [0.3, 0.4) is 0 Å². The molecule has 0 saturated heterocycles. The van der Waals surface area contributed by atoms with Gasteiger partial charge in [-0.05, 0) is 44.4 Å². The van der Waals surface area contributed by atoms with Gasteiger partial charge in [-0.3, -0.25) is 14.4 Å². The lowest BCUT2D eigenvalue weighted by Crippen LogP contribution is -2.21. The summed E-state index contributed by atoms with van der Waals surface area (Å²) in [5.74, 6) is 2.22.